The second kappa shape index (κ2) is 7.14. The molecule has 0 aliphatic carbocycles. The van der Waals surface area contributed by atoms with Crippen LogP contribution in [0.15, 0.2) is 22.7 Å². The van der Waals surface area contributed by atoms with Crippen LogP contribution in [0.5, 0.6) is 0 Å². The lowest BCUT2D eigenvalue weighted by atomic mass is 10.2. The molecule has 0 radical (unpaired) electrons. The van der Waals surface area contributed by atoms with Gasteiger partial charge < -0.3 is 10.3 Å². The zero-order valence-electron chi connectivity index (χ0n) is 11.8. The highest BCUT2D eigenvalue weighted by Gasteiger charge is 2.08. The minimum Gasteiger partial charge on any atom is -0.378 e. The summed E-state index contributed by atoms with van der Waals surface area (Å²) in [5.41, 5.74) is 3.21. The molecule has 1 heterocycles. The maximum absolute atomic E-state index is 6.16. The molecule has 0 aliphatic rings. The number of aromatic nitrogens is 2. The molecule has 1 aromatic carbocycles. The SMILES string of the molecule is CCCCc1nc(Cl)c(CNc2ccc(C)cc2Br)[nH]1. The Labute approximate surface area is 133 Å². The Morgan fingerprint density at radius 1 is 1.40 bits per heavy atom. The smallest absolute Gasteiger partial charge is 0.152 e. The van der Waals surface area contributed by atoms with Gasteiger partial charge in [0.05, 0.1) is 12.2 Å². The van der Waals surface area contributed by atoms with E-state index in [1.807, 2.05) is 0 Å². The van der Waals surface area contributed by atoms with Gasteiger partial charge in [-0.3, -0.25) is 0 Å². The molecule has 0 fully saturated rings. The van der Waals surface area contributed by atoms with Gasteiger partial charge in [0.2, 0.25) is 0 Å². The first-order valence-electron chi connectivity index (χ1n) is 6.83. The number of H-pyrrole nitrogens is 1. The van der Waals surface area contributed by atoms with Crippen LogP contribution in [0.2, 0.25) is 5.15 Å². The predicted molar refractivity (Wildman–Crippen MR) is 88.4 cm³/mol. The van der Waals surface area contributed by atoms with E-state index in [1.54, 1.807) is 0 Å². The van der Waals surface area contributed by atoms with E-state index >= 15 is 0 Å². The van der Waals surface area contributed by atoms with Crippen LogP contribution >= 0.6 is 27.5 Å². The molecule has 20 heavy (non-hydrogen) atoms. The van der Waals surface area contributed by atoms with E-state index in [2.05, 4.69) is 63.3 Å². The van der Waals surface area contributed by atoms with E-state index in [1.165, 1.54) is 5.56 Å². The van der Waals surface area contributed by atoms with Crippen LogP contribution in [0, 0.1) is 6.92 Å². The van der Waals surface area contributed by atoms with Crippen molar-refractivity contribution in [2.45, 2.75) is 39.7 Å². The van der Waals surface area contributed by atoms with Crippen molar-refractivity contribution in [2.75, 3.05) is 5.32 Å². The maximum atomic E-state index is 6.16. The van der Waals surface area contributed by atoms with Crippen LogP contribution in [0.25, 0.3) is 0 Å². The third kappa shape index (κ3) is 4.00. The number of aromatic amines is 1. The Balaban J connectivity index is 2.01. The Bertz CT molecular complexity index is 580. The van der Waals surface area contributed by atoms with E-state index in [9.17, 15) is 0 Å². The van der Waals surface area contributed by atoms with Gasteiger partial charge in [-0.05, 0) is 47.0 Å². The average molecular weight is 357 g/mol. The minimum absolute atomic E-state index is 0.562. The fourth-order valence-electron chi connectivity index (χ4n) is 1.97. The normalized spacial score (nSPS) is 10.8. The van der Waals surface area contributed by atoms with Crippen molar-refractivity contribution in [3.05, 3.63) is 44.9 Å². The number of hydrogen-bond donors (Lipinski definition) is 2. The lowest BCUT2D eigenvalue weighted by Gasteiger charge is -2.08. The first-order valence-corrected chi connectivity index (χ1v) is 8.00. The van der Waals surface area contributed by atoms with Crippen LogP contribution in [-0.4, -0.2) is 9.97 Å². The molecule has 3 nitrogen and oxygen atoms in total. The molecule has 2 rings (SSSR count). The fourth-order valence-corrected chi connectivity index (χ4v) is 2.82. The number of benzene rings is 1. The number of rotatable bonds is 6. The first kappa shape index (κ1) is 15.4. The highest BCUT2D eigenvalue weighted by atomic mass is 79.9. The topological polar surface area (TPSA) is 40.7 Å². The van der Waals surface area contributed by atoms with Gasteiger partial charge in [-0.2, -0.15) is 0 Å². The first-order chi connectivity index (χ1) is 9.60. The molecule has 5 heteroatoms. The summed E-state index contributed by atoms with van der Waals surface area (Å²) >= 11 is 9.72. The molecule has 0 spiro atoms. The van der Waals surface area contributed by atoms with Crippen LogP contribution in [-0.2, 0) is 13.0 Å². The summed E-state index contributed by atoms with van der Waals surface area (Å²) in [6, 6.07) is 6.22. The van der Waals surface area contributed by atoms with Gasteiger partial charge in [-0.1, -0.05) is 31.0 Å². The highest BCUT2D eigenvalue weighted by Crippen LogP contribution is 2.24. The molecule has 0 aliphatic heterocycles. The van der Waals surface area contributed by atoms with Gasteiger partial charge in [0.1, 0.15) is 5.82 Å². The second-order valence-corrected chi connectivity index (χ2v) is 6.11. The molecular weight excluding hydrogens is 338 g/mol. The van der Waals surface area contributed by atoms with Crippen LogP contribution in [0.4, 0.5) is 5.69 Å². The molecule has 1 aromatic heterocycles. The number of halogens is 2. The molecule has 0 atom stereocenters. The van der Waals surface area contributed by atoms with Gasteiger partial charge in [-0.15, -0.1) is 0 Å². The van der Waals surface area contributed by atoms with Crippen molar-refractivity contribution < 1.29 is 0 Å². The number of aryl methyl sites for hydroxylation is 2. The number of unbranched alkanes of at least 4 members (excludes halogenated alkanes) is 1. The quantitative estimate of drug-likeness (QED) is 0.757. The Hall–Kier alpha value is -1.000. The maximum Gasteiger partial charge on any atom is 0.152 e. The zero-order valence-corrected chi connectivity index (χ0v) is 14.1. The summed E-state index contributed by atoms with van der Waals surface area (Å²) < 4.78 is 1.05. The standard InChI is InChI=1S/C15H19BrClN3/c1-3-4-5-14-19-13(15(17)20-14)9-18-12-7-6-10(2)8-11(12)16/h6-8,18H,3-5,9H2,1-2H3,(H,19,20). The molecule has 108 valence electrons. The average Bonchev–Trinajstić information content (AvgIpc) is 2.76. The van der Waals surface area contributed by atoms with Gasteiger partial charge in [0, 0.05) is 16.6 Å². The van der Waals surface area contributed by atoms with Crippen molar-refractivity contribution >= 4 is 33.2 Å². The fraction of sp³-hybridized carbons (Fsp3) is 0.400. The van der Waals surface area contributed by atoms with Crippen molar-refractivity contribution in [1.29, 1.82) is 0 Å². The highest BCUT2D eigenvalue weighted by molar-refractivity contribution is 9.10. The van der Waals surface area contributed by atoms with E-state index in [0.29, 0.717) is 11.7 Å². The zero-order chi connectivity index (χ0) is 14.5. The Kier molecular flexibility index (Phi) is 5.49. The van der Waals surface area contributed by atoms with Crippen LogP contribution < -0.4 is 5.32 Å². The molecule has 0 amide bonds. The molecule has 0 saturated carbocycles. The number of hydrogen-bond acceptors (Lipinski definition) is 2. The number of imidazole rings is 1. The molecule has 2 N–H and O–H groups in total. The van der Waals surface area contributed by atoms with Crippen LogP contribution in [0.1, 0.15) is 36.8 Å². The second-order valence-electron chi connectivity index (χ2n) is 4.89. The predicted octanol–water partition coefficient (Wildman–Crippen LogP) is 5.09. The van der Waals surface area contributed by atoms with Crippen LogP contribution in [0.3, 0.4) is 0 Å². The minimum atomic E-state index is 0.562. The van der Waals surface area contributed by atoms with Crippen molar-refractivity contribution in [3.8, 4) is 0 Å². The summed E-state index contributed by atoms with van der Waals surface area (Å²) in [5, 5.41) is 3.93. The Morgan fingerprint density at radius 3 is 2.90 bits per heavy atom. The van der Waals surface area contributed by atoms with Gasteiger partial charge in [-0.25, -0.2) is 4.98 Å². The molecule has 0 bridgehead atoms. The molecular formula is C15H19BrClN3. The summed E-state index contributed by atoms with van der Waals surface area (Å²) in [6.07, 6.45) is 3.23. The van der Waals surface area contributed by atoms with E-state index in [4.69, 9.17) is 11.6 Å². The van der Waals surface area contributed by atoms with Gasteiger partial charge in [0.15, 0.2) is 5.15 Å². The summed E-state index contributed by atoms with van der Waals surface area (Å²) in [6.45, 7) is 4.88. The monoisotopic (exact) mass is 355 g/mol. The van der Waals surface area contributed by atoms with E-state index in [0.717, 1.165) is 40.9 Å². The molecule has 0 unspecified atom stereocenters. The van der Waals surface area contributed by atoms with E-state index < -0.39 is 0 Å². The summed E-state index contributed by atoms with van der Waals surface area (Å²) in [7, 11) is 0. The summed E-state index contributed by atoms with van der Waals surface area (Å²) in [4.78, 5) is 7.65. The lowest BCUT2D eigenvalue weighted by molar-refractivity contribution is 0.760. The van der Waals surface area contributed by atoms with Gasteiger partial charge in [0.25, 0.3) is 0 Å². The largest absolute Gasteiger partial charge is 0.378 e. The van der Waals surface area contributed by atoms with E-state index in [-0.39, 0.29) is 0 Å². The third-order valence-electron chi connectivity index (χ3n) is 3.12. The number of nitrogens with one attached hydrogen (secondary N) is 2. The molecule has 0 saturated heterocycles. The van der Waals surface area contributed by atoms with Crippen molar-refractivity contribution in [1.82, 2.24) is 9.97 Å². The van der Waals surface area contributed by atoms with Crippen molar-refractivity contribution in [3.63, 3.8) is 0 Å². The summed E-state index contributed by atoms with van der Waals surface area (Å²) in [5.74, 6) is 0.969. The lowest BCUT2D eigenvalue weighted by Crippen LogP contribution is -2.01. The van der Waals surface area contributed by atoms with Gasteiger partial charge >= 0.3 is 0 Å². The third-order valence-corrected chi connectivity index (χ3v) is 4.09. The molecule has 2 aromatic rings. The number of anilines is 1. The number of nitrogens with zero attached hydrogens (tertiary/aromatic N) is 1. The Morgan fingerprint density at radius 2 is 2.20 bits per heavy atom. The van der Waals surface area contributed by atoms with Crippen molar-refractivity contribution in [2.24, 2.45) is 0 Å².